The van der Waals surface area contributed by atoms with Gasteiger partial charge in [0.2, 0.25) is 5.91 Å². The fourth-order valence-electron chi connectivity index (χ4n) is 2.54. The van der Waals surface area contributed by atoms with Gasteiger partial charge in [-0.2, -0.15) is 0 Å². The highest BCUT2D eigenvalue weighted by atomic mass is 31.0. The number of aromatic nitrogens is 3. The van der Waals surface area contributed by atoms with E-state index in [9.17, 15) is 4.79 Å². The number of likely N-dealkylation sites (N-methyl/N-ethyl adjacent to an activating group) is 1. The molecule has 0 aliphatic carbocycles. The minimum Gasteiger partial charge on any atom is -0.355 e. The van der Waals surface area contributed by atoms with Gasteiger partial charge < -0.3 is 14.8 Å². The second kappa shape index (κ2) is 6.28. The summed E-state index contributed by atoms with van der Waals surface area (Å²) < 4.78 is 0. The number of likely N-dealkylation sites (tertiary alicyclic amines) is 1. The Morgan fingerprint density at radius 2 is 2.41 bits per heavy atom. The Morgan fingerprint density at radius 1 is 1.55 bits per heavy atom. The van der Waals surface area contributed by atoms with E-state index in [1.807, 2.05) is 24.2 Å². The second-order valence-corrected chi connectivity index (χ2v) is 5.63. The average molecular weight is 315 g/mol. The van der Waals surface area contributed by atoms with E-state index in [4.69, 9.17) is 0 Å². The van der Waals surface area contributed by atoms with Crippen LogP contribution in [0.25, 0.3) is 11.0 Å². The van der Waals surface area contributed by atoms with E-state index in [2.05, 4.69) is 34.8 Å². The van der Waals surface area contributed by atoms with Gasteiger partial charge in [0.15, 0.2) is 0 Å². The van der Waals surface area contributed by atoms with Gasteiger partial charge in [0, 0.05) is 44.9 Å². The van der Waals surface area contributed by atoms with Gasteiger partial charge in [-0.15, -0.1) is 8.86 Å². The van der Waals surface area contributed by atoms with E-state index in [0.29, 0.717) is 13.0 Å². The quantitative estimate of drug-likeness (QED) is 0.855. The van der Waals surface area contributed by atoms with Gasteiger partial charge in [0.1, 0.15) is 17.8 Å². The van der Waals surface area contributed by atoms with Gasteiger partial charge in [-0.25, -0.2) is 9.97 Å². The molecule has 0 unspecified atom stereocenters. The van der Waals surface area contributed by atoms with E-state index in [1.165, 1.54) is 0 Å². The highest BCUT2D eigenvalue weighted by Crippen LogP contribution is 2.24. The molecule has 1 amide bonds. The molecule has 6 nitrogen and oxygen atoms in total. The summed E-state index contributed by atoms with van der Waals surface area (Å²) in [6.45, 7) is 1.51. The normalized spacial score (nSPS) is 15.9. The minimum atomic E-state index is 0.130. The molecule has 3 rings (SSSR count). The molecule has 1 aliphatic heterocycles. The predicted octanol–water partition coefficient (Wildman–Crippen LogP) is 1.85. The summed E-state index contributed by atoms with van der Waals surface area (Å²) in [6, 6.07) is 1.97. The number of hydrogen-bond acceptors (Lipinski definition) is 4. The molecule has 0 spiro atoms. The lowest BCUT2D eigenvalue weighted by molar-refractivity contribution is -0.130. The third-order valence-electron chi connectivity index (χ3n) is 3.81. The molecule has 1 saturated heterocycles. The van der Waals surface area contributed by atoms with Gasteiger partial charge in [-0.05, 0) is 12.1 Å². The Morgan fingerprint density at radius 3 is 3.14 bits per heavy atom. The van der Waals surface area contributed by atoms with Crippen molar-refractivity contribution in [3.05, 3.63) is 30.4 Å². The Bertz CT molecular complexity index is 738. The molecule has 0 radical (unpaired) electrons. The van der Waals surface area contributed by atoms with E-state index >= 15 is 0 Å². The van der Waals surface area contributed by atoms with Crippen molar-refractivity contribution in [2.45, 2.75) is 12.8 Å². The fraction of sp³-hybridized carbons (Fsp3) is 0.333. The first-order chi connectivity index (χ1) is 10.7. The van der Waals surface area contributed by atoms with Crippen LogP contribution >= 0.6 is 8.86 Å². The van der Waals surface area contributed by atoms with E-state index < -0.39 is 0 Å². The SMILES string of the molecule is CN(CC=C1CCN1C(=O)CC=P)c1ncnc2[nH]ccc12. The third kappa shape index (κ3) is 2.74. The number of aromatic amines is 1. The molecule has 7 heteroatoms. The molecule has 1 fully saturated rings. The van der Waals surface area contributed by atoms with Crippen LogP contribution in [0.2, 0.25) is 0 Å². The van der Waals surface area contributed by atoms with Gasteiger partial charge in [0.25, 0.3) is 0 Å². The molecule has 1 aliphatic rings. The van der Waals surface area contributed by atoms with Crippen LogP contribution in [0, 0.1) is 0 Å². The molecule has 1 N–H and O–H groups in total. The molecule has 0 saturated carbocycles. The van der Waals surface area contributed by atoms with Crippen LogP contribution in [0.15, 0.2) is 30.4 Å². The topological polar surface area (TPSA) is 65.1 Å². The van der Waals surface area contributed by atoms with Crippen molar-refractivity contribution >= 4 is 37.4 Å². The molecule has 0 bridgehead atoms. The maximum absolute atomic E-state index is 11.9. The zero-order valence-electron chi connectivity index (χ0n) is 12.4. The second-order valence-electron chi connectivity index (χ2n) is 5.22. The van der Waals surface area contributed by atoms with E-state index in [1.54, 1.807) is 12.1 Å². The molecule has 0 atom stereocenters. The smallest absolute Gasteiger partial charge is 0.230 e. The number of carbonyl (C=O) groups is 1. The maximum atomic E-state index is 11.9. The van der Waals surface area contributed by atoms with E-state index in [-0.39, 0.29) is 5.91 Å². The maximum Gasteiger partial charge on any atom is 0.230 e. The molecule has 3 heterocycles. The first-order valence-electron chi connectivity index (χ1n) is 7.18. The number of carbonyl (C=O) groups excluding carboxylic acids is 1. The van der Waals surface area contributed by atoms with Crippen molar-refractivity contribution < 1.29 is 4.79 Å². The van der Waals surface area contributed by atoms with Crippen LogP contribution in [-0.2, 0) is 4.79 Å². The molecule has 114 valence electrons. The highest BCUT2D eigenvalue weighted by Gasteiger charge is 2.25. The summed E-state index contributed by atoms with van der Waals surface area (Å²) in [4.78, 5) is 27.4. The summed E-state index contributed by atoms with van der Waals surface area (Å²) in [7, 11) is 5.22. The standard InChI is InChI=1S/C15H18N5OP/c1-19(15-12-2-6-16-14(12)17-10-18-15)7-3-11-4-8-20(11)13(21)5-9-22/h2-3,6,9-10,22H,4-5,7-8H2,1H3,(H,16,17,18). The van der Waals surface area contributed by atoms with Crippen molar-refractivity contribution in [1.29, 1.82) is 0 Å². The number of H-pyrrole nitrogens is 1. The Balaban J connectivity index is 1.71. The first-order valence-corrected chi connectivity index (χ1v) is 7.76. The van der Waals surface area contributed by atoms with Gasteiger partial charge in [0.05, 0.1) is 5.39 Å². The van der Waals surface area contributed by atoms with Crippen molar-refractivity contribution in [3.63, 3.8) is 0 Å². The van der Waals surface area contributed by atoms with Crippen molar-refractivity contribution in [1.82, 2.24) is 19.9 Å². The lowest BCUT2D eigenvalue weighted by Gasteiger charge is -2.35. The lowest BCUT2D eigenvalue weighted by atomic mass is 10.1. The Kier molecular flexibility index (Phi) is 4.20. The number of fused-ring (bicyclic) bond motifs is 1. The molecule has 0 aromatic carbocycles. The summed E-state index contributed by atoms with van der Waals surface area (Å²) >= 11 is 0. The predicted molar refractivity (Wildman–Crippen MR) is 90.6 cm³/mol. The zero-order chi connectivity index (χ0) is 15.5. The van der Waals surface area contributed by atoms with Crippen LogP contribution < -0.4 is 4.90 Å². The van der Waals surface area contributed by atoms with Crippen LogP contribution in [0.1, 0.15) is 12.8 Å². The summed E-state index contributed by atoms with van der Waals surface area (Å²) in [5, 5.41) is 0.999. The number of nitrogens with zero attached hydrogens (tertiary/aromatic N) is 4. The Hall–Kier alpha value is -2.20. The first kappa shape index (κ1) is 14.7. The highest BCUT2D eigenvalue weighted by molar-refractivity contribution is 7.18. The van der Waals surface area contributed by atoms with E-state index in [0.717, 1.165) is 35.5 Å². The number of amides is 1. The summed E-state index contributed by atoms with van der Waals surface area (Å²) in [5.41, 5.74) is 1.92. The Labute approximate surface area is 131 Å². The fourth-order valence-corrected chi connectivity index (χ4v) is 2.71. The summed E-state index contributed by atoms with van der Waals surface area (Å²) in [5.74, 6) is 2.72. The van der Waals surface area contributed by atoms with Crippen LogP contribution in [0.3, 0.4) is 0 Å². The minimum absolute atomic E-state index is 0.130. The van der Waals surface area contributed by atoms with Crippen LogP contribution in [-0.4, -0.2) is 51.7 Å². The number of hydrogen-bond donors (Lipinski definition) is 1. The van der Waals surface area contributed by atoms with Crippen molar-refractivity contribution in [2.75, 3.05) is 25.0 Å². The molecular formula is C15H18N5OP. The number of nitrogens with one attached hydrogen (secondary N) is 1. The zero-order valence-corrected chi connectivity index (χ0v) is 13.4. The lowest BCUT2D eigenvalue weighted by Crippen LogP contribution is -2.40. The van der Waals surface area contributed by atoms with Gasteiger partial charge >= 0.3 is 0 Å². The molecule has 22 heavy (non-hydrogen) atoms. The summed E-state index contributed by atoms with van der Waals surface area (Å²) in [6.07, 6.45) is 6.88. The monoisotopic (exact) mass is 315 g/mol. The third-order valence-corrected chi connectivity index (χ3v) is 4.02. The largest absolute Gasteiger partial charge is 0.355 e. The van der Waals surface area contributed by atoms with Gasteiger partial charge in [-0.3, -0.25) is 4.79 Å². The van der Waals surface area contributed by atoms with Crippen molar-refractivity contribution in [2.24, 2.45) is 0 Å². The molecule has 2 aromatic heterocycles. The van der Waals surface area contributed by atoms with Crippen molar-refractivity contribution in [3.8, 4) is 0 Å². The average Bonchev–Trinajstić information content (AvgIpc) is 2.94. The van der Waals surface area contributed by atoms with Crippen LogP contribution in [0.5, 0.6) is 0 Å². The molecular weight excluding hydrogens is 297 g/mol. The molecule has 2 aromatic rings. The van der Waals surface area contributed by atoms with Gasteiger partial charge in [-0.1, -0.05) is 5.80 Å². The number of rotatable bonds is 5. The van der Waals surface area contributed by atoms with Crippen LogP contribution in [0.4, 0.5) is 5.82 Å². The number of anilines is 1.